The Morgan fingerprint density at radius 2 is 1.90 bits per heavy atom. The van der Waals surface area contributed by atoms with E-state index in [9.17, 15) is 26.7 Å². The Bertz CT molecular complexity index is 650. The predicted molar refractivity (Wildman–Crippen MR) is 57.9 cm³/mol. The van der Waals surface area contributed by atoms with Gasteiger partial charge in [-0.3, -0.25) is 9.89 Å². The molecule has 0 radical (unpaired) electrons. The Morgan fingerprint density at radius 1 is 1.20 bits per heavy atom. The third-order valence-electron chi connectivity index (χ3n) is 2.30. The van der Waals surface area contributed by atoms with Crippen molar-refractivity contribution >= 4 is 11.6 Å². The molecule has 0 unspecified atom stereocenters. The van der Waals surface area contributed by atoms with E-state index in [2.05, 4.69) is 5.10 Å². The van der Waals surface area contributed by atoms with E-state index in [-0.39, 0.29) is 5.69 Å². The van der Waals surface area contributed by atoms with E-state index in [1.807, 2.05) is 5.32 Å². The molecule has 0 atom stereocenters. The summed E-state index contributed by atoms with van der Waals surface area (Å²) < 4.78 is 62.8. The molecule has 1 aromatic carbocycles. The summed E-state index contributed by atoms with van der Waals surface area (Å²) in [6.45, 7) is 0. The van der Waals surface area contributed by atoms with Gasteiger partial charge in [0.15, 0.2) is 5.69 Å². The second-order valence-corrected chi connectivity index (χ2v) is 3.74. The van der Waals surface area contributed by atoms with Crippen molar-refractivity contribution in [1.82, 2.24) is 10.2 Å². The topological polar surface area (TPSA) is 57.8 Å². The molecule has 1 heterocycles. The molecule has 0 spiro atoms. The largest absolute Gasteiger partial charge is 0.432 e. The molecule has 20 heavy (non-hydrogen) atoms. The lowest BCUT2D eigenvalue weighted by atomic mass is 10.2. The summed E-state index contributed by atoms with van der Waals surface area (Å²) in [5.41, 5.74) is -2.14. The number of alkyl halides is 3. The van der Waals surface area contributed by atoms with Crippen LogP contribution in [0.25, 0.3) is 0 Å². The molecule has 0 saturated carbocycles. The predicted octanol–water partition coefficient (Wildman–Crippen LogP) is 2.96. The maximum atomic E-state index is 13.3. The smallest absolute Gasteiger partial charge is 0.318 e. The lowest BCUT2D eigenvalue weighted by molar-refractivity contribution is -0.141. The molecule has 0 aliphatic heterocycles. The van der Waals surface area contributed by atoms with Crippen molar-refractivity contribution in [2.75, 3.05) is 5.32 Å². The van der Waals surface area contributed by atoms with Crippen molar-refractivity contribution in [3.63, 3.8) is 0 Å². The van der Waals surface area contributed by atoms with Crippen molar-refractivity contribution in [3.05, 3.63) is 47.3 Å². The first-order valence-corrected chi connectivity index (χ1v) is 5.16. The summed E-state index contributed by atoms with van der Waals surface area (Å²) in [5.74, 6) is -2.95. The number of carbonyl (C=O) groups excluding carboxylic acids is 1. The van der Waals surface area contributed by atoms with Crippen molar-refractivity contribution in [1.29, 1.82) is 0 Å². The van der Waals surface area contributed by atoms with E-state index < -0.39 is 35.1 Å². The Hall–Kier alpha value is -2.45. The number of hydrogen-bond donors (Lipinski definition) is 2. The first kappa shape index (κ1) is 14.0. The third-order valence-corrected chi connectivity index (χ3v) is 2.30. The van der Waals surface area contributed by atoms with Crippen LogP contribution in [-0.4, -0.2) is 16.1 Å². The van der Waals surface area contributed by atoms with Gasteiger partial charge in [-0.25, -0.2) is 8.78 Å². The second-order valence-electron chi connectivity index (χ2n) is 3.74. The van der Waals surface area contributed by atoms with Gasteiger partial charge in [-0.2, -0.15) is 18.3 Å². The summed E-state index contributed by atoms with van der Waals surface area (Å²) in [6, 6.07) is 2.85. The molecule has 106 valence electrons. The lowest BCUT2D eigenvalue weighted by Crippen LogP contribution is -2.13. The first-order valence-electron chi connectivity index (χ1n) is 5.16. The minimum atomic E-state index is -4.67. The molecule has 1 amide bonds. The fourth-order valence-corrected chi connectivity index (χ4v) is 1.36. The summed E-state index contributed by atoms with van der Waals surface area (Å²) in [4.78, 5) is 11.6. The van der Waals surface area contributed by atoms with Gasteiger partial charge >= 0.3 is 6.18 Å². The molecule has 9 heteroatoms. The summed E-state index contributed by atoms with van der Waals surface area (Å²) in [7, 11) is 0. The number of aromatic amines is 1. The molecule has 2 N–H and O–H groups in total. The van der Waals surface area contributed by atoms with Crippen LogP contribution in [0.2, 0.25) is 0 Å². The highest BCUT2D eigenvalue weighted by atomic mass is 19.4. The van der Waals surface area contributed by atoms with Gasteiger partial charge in [0, 0.05) is 12.1 Å². The zero-order chi connectivity index (χ0) is 14.9. The SMILES string of the molecule is O=C(Nc1ccc(F)cc1F)c1cc(C(F)(F)F)[nH]n1. The van der Waals surface area contributed by atoms with Crippen LogP contribution in [0.3, 0.4) is 0 Å². The first-order chi connectivity index (χ1) is 9.27. The highest BCUT2D eigenvalue weighted by molar-refractivity contribution is 6.02. The zero-order valence-corrected chi connectivity index (χ0v) is 9.55. The standard InChI is InChI=1S/C11H6F5N3O/c12-5-1-2-7(6(13)3-5)17-10(20)8-4-9(19-18-8)11(14,15)16/h1-4H,(H,17,20)(H,18,19). The minimum absolute atomic E-state index is 0.368. The monoisotopic (exact) mass is 291 g/mol. The molecule has 0 aliphatic rings. The van der Waals surface area contributed by atoms with Gasteiger partial charge in [-0.1, -0.05) is 0 Å². The number of halogens is 5. The Balaban J connectivity index is 2.18. The Labute approximate surface area is 108 Å². The number of carbonyl (C=O) groups is 1. The highest BCUT2D eigenvalue weighted by Crippen LogP contribution is 2.27. The van der Waals surface area contributed by atoms with Gasteiger partial charge in [-0.05, 0) is 12.1 Å². The van der Waals surface area contributed by atoms with Crippen LogP contribution < -0.4 is 5.32 Å². The van der Waals surface area contributed by atoms with Crippen LogP contribution in [0.4, 0.5) is 27.6 Å². The third kappa shape index (κ3) is 2.92. The van der Waals surface area contributed by atoms with Crippen molar-refractivity contribution in [3.8, 4) is 0 Å². The number of aromatic nitrogens is 2. The molecule has 4 nitrogen and oxygen atoms in total. The molecule has 2 rings (SSSR count). The van der Waals surface area contributed by atoms with E-state index in [0.29, 0.717) is 12.1 Å². The number of nitrogens with zero attached hydrogens (tertiary/aromatic N) is 1. The van der Waals surface area contributed by atoms with Gasteiger partial charge in [0.1, 0.15) is 17.3 Å². The quantitative estimate of drug-likeness (QED) is 0.836. The van der Waals surface area contributed by atoms with E-state index in [0.717, 1.165) is 12.1 Å². The van der Waals surface area contributed by atoms with E-state index in [1.165, 1.54) is 0 Å². The van der Waals surface area contributed by atoms with Crippen LogP contribution >= 0.6 is 0 Å². The number of amides is 1. The van der Waals surface area contributed by atoms with Crippen LogP contribution in [0.5, 0.6) is 0 Å². The van der Waals surface area contributed by atoms with Crippen molar-refractivity contribution in [2.24, 2.45) is 0 Å². The Kier molecular flexibility index (Phi) is 3.43. The molecular weight excluding hydrogens is 285 g/mol. The summed E-state index contributed by atoms with van der Waals surface area (Å²) in [6.07, 6.45) is -4.67. The molecule has 0 fully saturated rings. The number of nitrogens with one attached hydrogen (secondary N) is 2. The number of hydrogen-bond acceptors (Lipinski definition) is 2. The Morgan fingerprint density at radius 3 is 2.45 bits per heavy atom. The molecule has 0 aliphatic carbocycles. The average Bonchev–Trinajstić information content (AvgIpc) is 2.82. The molecule has 0 saturated heterocycles. The number of rotatable bonds is 2. The summed E-state index contributed by atoms with van der Waals surface area (Å²) >= 11 is 0. The van der Waals surface area contributed by atoms with Crippen LogP contribution in [0.1, 0.15) is 16.2 Å². The maximum absolute atomic E-state index is 13.3. The van der Waals surface area contributed by atoms with Gasteiger partial charge in [0.2, 0.25) is 0 Å². The number of H-pyrrole nitrogens is 1. The number of benzene rings is 1. The molecular formula is C11H6F5N3O. The van der Waals surface area contributed by atoms with E-state index in [4.69, 9.17) is 0 Å². The van der Waals surface area contributed by atoms with E-state index in [1.54, 1.807) is 5.10 Å². The van der Waals surface area contributed by atoms with Crippen molar-refractivity contribution < 1.29 is 26.7 Å². The second kappa shape index (κ2) is 4.91. The zero-order valence-electron chi connectivity index (χ0n) is 9.55. The fraction of sp³-hybridized carbons (Fsp3) is 0.0909. The van der Waals surface area contributed by atoms with Gasteiger partial charge in [0.05, 0.1) is 5.69 Å². The average molecular weight is 291 g/mol. The molecule has 0 bridgehead atoms. The fourth-order valence-electron chi connectivity index (χ4n) is 1.36. The minimum Gasteiger partial charge on any atom is -0.318 e. The molecule has 1 aromatic heterocycles. The van der Waals surface area contributed by atoms with Crippen LogP contribution in [0.15, 0.2) is 24.3 Å². The van der Waals surface area contributed by atoms with Gasteiger partial charge in [0.25, 0.3) is 5.91 Å². The van der Waals surface area contributed by atoms with Crippen molar-refractivity contribution in [2.45, 2.75) is 6.18 Å². The van der Waals surface area contributed by atoms with Crippen LogP contribution in [0, 0.1) is 11.6 Å². The van der Waals surface area contributed by atoms with E-state index >= 15 is 0 Å². The maximum Gasteiger partial charge on any atom is 0.432 e. The van der Waals surface area contributed by atoms with Crippen LogP contribution in [-0.2, 0) is 6.18 Å². The molecule has 2 aromatic rings. The number of anilines is 1. The van der Waals surface area contributed by atoms with Gasteiger partial charge < -0.3 is 5.32 Å². The highest BCUT2D eigenvalue weighted by Gasteiger charge is 2.33. The normalized spacial score (nSPS) is 11.4. The lowest BCUT2D eigenvalue weighted by Gasteiger charge is -2.04. The summed E-state index contributed by atoms with van der Waals surface area (Å²) in [5, 5.41) is 6.81. The van der Waals surface area contributed by atoms with Gasteiger partial charge in [-0.15, -0.1) is 0 Å².